The Balaban J connectivity index is 1.56. The largest absolute Gasteiger partial charge is 0.496 e. The van der Waals surface area contributed by atoms with E-state index in [4.69, 9.17) is 14.5 Å². The van der Waals surface area contributed by atoms with Crippen LogP contribution in [0.1, 0.15) is 30.7 Å². The van der Waals surface area contributed by atoms with Crippen molar-refractivity contribution in [3.8, 4) is 17.0 Å². The average Bonchev–Trinajstić information content (AvgIpc) is 3.17. The number of likely N-dealkylation sites (tertiary alicyclic amines) is 1. The number of para-hydroxylation sites is 1. The monoisotopic (exact) mass is 376 g/mol. The number of benzene rings is 1. The summed E-state index contributed by atoms with van der Waals surface area (Å²) in [7, 11) is 1.70. The van der Waals surface area contributed by atoms with Gasteiger partial charge in [-0.3, -0.25) is 0 Å². The highest BCUT2D eigenvalue weighted by molar-refractivity contribution is 7.10. The molecule has 0 aliphatic carbocycles. The highest BCUT2D eigenvalue weighted by atomic mass is 32.1. The van der Waals surface area contributed by atoms with Crippen molar-refractivity contribution in [3.05, 3.63) is 34.7 Å². The van der Waals surface area contributed by atoms with Gasteiger partial charge in [0.25, 0.3) is 0 Å². The Morgan fingerprint density at radius 3 is 2.81 bits per heavy atom. The fourth-order valence-corrected chi connectivity index (χ4v) is 4.41. The van der Waals surface area contributed by atoms with E-state index >= 15 is 0 Å². The van der Waals surface area contributed by atoms with Crippen molar-refractivity contribution in [1.29, 1.82) is 0 Å². The predicted octanol–water partition coefficient (Wildman–Crippen LogP) is 3.40. The topological polar surface area (TPSA) is 54.8 Å². The van der Waals surface area contributed by atoms with E-state index in [1.165, 1.54) is 5.01 Å². The van der Waals surface area contributed by atoms with Crippen molar-refractivity contribution in [2.75, 3.05) is 40.0 Å². The van der Waals surface area contributed by atoms with E-state index in [0.717, 1.165) is 42.9 Å². The Morgan fingerprint density at radius 2 is 2.08 bits per heavy atom. The maximum atomic E-state index is 10.0. The zero-order chi connectivity index (χ0) is 18.4. The molecule has 0 radical (unpaired) electrons. The summed E-state index contributed by atoms with van der Waals surface area (Å²) in [5.41, 5.74) is 2.05. The molecule has 0 saturated carbocycles. The molecule has 1 N–H and O–H groups in total. The van der Waals surface area contributed by atoms with E-state index in [0.29, 0.717) is 25.7 Å². The molecule has 1 aliphatic heterocycles. The standard InChI is InChI=1S/C20H28N2O3S/c1-3-25-13-16(23)12-22-10-8-15(9-11-22)20-21-18(14-26-20)17-6-4-5-7-19(17)24-2/h4-7,14-16,23H,3,8-13H2,1-2H3. The van der Waals surface area contributed by atoms with Gasteiger partial charge in [0.2, 0.25) is 0 Å². The van der Waals surface area contributed by atoms with Crippen LogP contribution in [0.2, 0.25) is 0 Å². The van der Waals surface area contributed by atoms with Crippen LogP contribution in [-0.2, 0) is 4.74 Å². The van der Waals surface area contributed by atoms with Crippen LogP contribution in [0, 0.1) is 0 Å². The molecule has 1 aromatic carbocycles. The smallest absolute Gasteiger partial charge is 0.128 e. The van der Waals surface area contributed by atoms with Crippen molar-refractivity contribution in [1.82, 2.24) is 9.88 Å². The summed E-state index contributed by atoms with van der Waals surface area (Å²) in [4.78, 5) is 7.22. The maximum absolute atomic E-state index is 10.0. The van der Waals surface area contributed by atoms with E-state index in [-0.39, 0.29) is 0 Å². The third kappa shape index (κ3) is 4.82. The van der Waals surface area contributed by atoms with E-state index < -0.39 is 6.10 Å². The zero-order valence-corrected chi connectivity index (χ0v) is 16.4. The Bertz CT molecular complexity index is 683. The van der Waals surface area contributed by atoms with Gasteiger partial charge in [-0.15, -0.1) is 11.3 Å². The maximum Gasteiger partial charge on any atom is 0.128 e. The molecule has 1 saturated heterocycles. The van der Waals surface area contributed by atoms with Crippen LogP contribution in [-0.4, -0.2) is 61.1 Å². The van der Waals surface area contributed by atoms with Gasteiger partial charge < -0.3 is 19.5 Å². The van der Waals surface area contributed by atoms with E-state index in [1.807, 2.05) is 25.1 Å². The quantitative estimate of drug-likeness (QED) is 0.765. The summed E-state index contributed by atoms with van der Waals surface area (Å²) in [6.45, 7) is 5.71. The lowest BCUT2D eigenvalue weighted by atomic mass is 9.97. The van der Waals surface area contributed by atoms with Gasteiger partial charge in [0.1, 0.15) is 5.75 Å². The van der Waals surface area contributed by atoms with Gasteiger partial charge in [-0.1, -0.05) is 12.1 Å². The molecule has 1 aromatic heterocycles. The van der Waals surface area contributed by atoms with Gasteiger partial charge in [-0.2, -0.15) is 0 Å². The minimum atomic E-state index is -0.400. The third-order valence-corrected chi connectivity index (χ3v) is 5.83. The van der Waals surface area contributed by atoms with Gasteiger partial charge in [0.05, 0.1) is 30.5 Å². The van der Waals surface area contributed by atoms with Crippen molar-refractivity contribution >= 4 is 11.3 Å². The summed E-state index contributed by atoms with van der Waals surface area (Å²) < 4.78 is 10.8. The molecule has 5 nitrogen and oxygen atoms in total. The van der Waals surface area contributed by atoms with Gasteiger partial charge in [0.15, 0.2) is 0 Å². The van der Waals surface area contributed by atoms with Crippen molar-refractivity contribution in [2.24, 2.45) is 0 Å². The summed E-state index contributed by atoms with van der Waals surface area (Å²) in [5.74, 6) is 1.37. The lowest BCUT2D eigenvalue weighted by Gasteiger charge is -2.32. The third-order valence-electron chi connectivity index (χ3n) is 4.83. The second kappa shape index (κ2) is 9.46. The lowest BCUT2D eigenvalue weighted by Crippen LogP contribution is -2.39. The van der Waals surface area contributed by atoms with Crippen LogP contribution < -0.4 is 4.74 Å². The molecule has 1 unspecified atom stereocenters. The summed E-state index contributed by atoms with van der Waals surface area (Å²) in [6.07, 6.45) is 1.77. The molecular weight excluding hydrogens is 348 g/mol. The molecule has 1 aliphatic rings. The normalized spacial score (nSPS) is 17.3. The van der Waals surface area contributed by atoms with Crippen molar-refractivity contribution in [3.63, 3.8) is 0 Å². The van der Waals surface area contributed by atoms with Crippen LogP contribution >= 0.6 is 11.3 Å². The number of rotatable bonds is 8. The first kappa shape index (κ1) is 19.3. The second-order valence-corrected chi connectivity index (χ2v) is 7.55. The number of aliphatic hydroxyl groups is 1. The Hall–Kier alpha value is -1.47. The molecule has 0 bridgehead atoms. The Labute approximate surface area is 159 Å². The second-order valence-electron chi connectivity index (χ2n) is 6.66. The van der Waals surface area contributed by atoms with E-state index in [2.05, 4.69) is 16.3 Å². The highest BCUT2D eigenvalue weighted by Crippen LogP contribution is 2.35. The number of hydrogen-bond acceptors (Lipinski definition) is 6. The fraction of sp³-hybridized carbons (Fsp3) is 0.550. The molecular formula is C20H28N2O3S. The van der Waals surface area contributed by atoms with Gasteiger partial charge in [0, 0.05) is 30.0 Å². The molecule has 0 amide bonds. The zero-order valence-electron chi connectivity index (χ0n) is 15.6. The number of aliphatic hydroxyl groups excluding tert-OH is 1. The molecule has 26 heavy (non-hydrogen) atoms. The fourth-order valence-electron chi connectivity index (χ4n) is 3.42. The van der Waals surface area contributed by atoms with Crippen molar-refractivity contribution < 1.29 is 14.6 Å². The van der Waals surface area contributed by atoms with E-state index in [9.17, 15) is 5.11 Å². The number of nitrogens with zero attached hydrogens (tertiary/aromatic N) is 2. The lowest BCUT2D eigenvalue weighted by molar-refractivity contribution is 0.0167. The van der Waals surface area contributed by atoms with Crippen LogP contribution in [0.3, 0.4) is 0 Å². The number of ether oxygens (including phenoxy) is 2. The van der Waals surface area contributed by atoms with Gasteiger partial charge in [-0.25, -0.2) is 4.98 Å². The van der Waals surface area contributed by atoms with Crippen molar-refractivity contribution in [2.45, 2.75) is 31.8 Å². The number of hydrogen-bond donors (Lipinski definition) is 1. The van der Waals surface area contributed by atoms with E-state index in [1.54, 1.807) is 18.4 Å². The first-order chi connectivity index (χ1) is 12.7. The molecule has 2 heterocycles. The highest BCUT2D eigenvalue weighted by Gasteiger charge is 2.24. The first-order valence-electron chi connectivity index (χ1n) is 9.28. The number of methoxy groups -OCH3 is 1. The molecule has 2 aromatic rings. The predicted molar refractivity (Wildman–Crippen MR) is 105 cm³/mol. The molecule has 142 valence electrons. The Kier molecular flexibility index (Phi) is 7.02. The molecule has 0 spiro atoms. The minimum Gasteiger partial charge on any atom is -0.496 e. The Morgan fingerprint density at radius 1 is 1.31 bits per heavy atom. The minimum absolute atomic E-state index is 0.400. The molecule has 3 rings (SSSR count). The van der Waals surface area contributed by atoms with Crippen LogP contribution in [0.15, 0.2) is 29.6 Å². The molecule has 6 heteroatoms. The van der Waals surface area contributed by atoms with Crippen LogP contribution in [0.4, 0.5) is 0 Å². The average molecular weight is 377 g/mol. The van der Waals surface area contributed by atoms with Gasteiger partial charge >= 0.3 is 0 Å². The summed E-state index contributed by atoms with van der Waals surface area (Å²) >= 11 is 1.74. The number of aromatic nitrogens is 1. The summed E-state index contributed by atoms with van der Waals surface area (Å²) in [5, 5.41) is 13.3. The summed E-state index contributed by atoms with van der Waals surface area (Å²) in [6, 6.07) is 8.02. The number of thiazole rings is 1. The van der Waals surface area contributed by atoms with Crippen LogP contribution in [0.5, 0.6) is 5.75 Å². The SMILES string of the molecule is CCOCC(O)CN1CCC(c2nc(-c3ccccc3OC)cs2)CC1. The molecule has 1 atom stereocenters. The number of piperidine rings is 1. The molecule has 1 fully saturated rings. The van der Waals surface area contributed by atoms with Gasteiger partial charge in [-0.05, 0) is 45.0 Å². The first-order valence-corrected chi connectivity index (χ1v) is 10.2. The van der Waals surface area contributed by atoms with Crippen LogP contribution in [0.25, 0.3) is 11.3 Å². The number of β-amino-alcohol motifs (C(OH)–C–C–N with tert-alkyl or cyclic N) is 1.